The highest BCUT2D eigenvalue weighted by Crippen LogP contribution is 2.31. The summed E-state index contributed by atoms with van der Waals surface area (Å²) in [5.41, 5.74) is 1.28. The zero-order chi connectivity index (χ0) is 17.2. The fourth-order valence-electron chi connectivity index (χ4n) is 2.82. The Bertz CT molecular complexity index is 752. The number of fused-ring (bicyclic) bond motifs is 1. The molecule has 24 heavy (non-hydrogen) atoms. The van der Waals surface area contributed by atoms with Crippen molar-refractivity contribution in [2.75, 3.05) is 24.6 Å². The number of esters is 1. The van der Waals surface area contributed by atoms with Gasteiger partial charge in [0.15, 0.2) is 11.5 Å². The number of alkyl halides is 2. The maximum absolute atomic E-state index is 13.6. The molecule has 0 unspecified atom stereocenters. The van der Waals surface area contributed by atoms with Gasteiger partial charge in [0.25, 0.3) is 0 Å². The Balaban J connectivity index is 2.03. The second kappa shape index (κ2) is 6.67. The third kappa shape index (κ3) is 3.44. The Morgan fingerprint density at radius 3 is 2.62 bits per heavy atom. The van der Waals surface area contributed by atoms with Crippen LogP contribution in [-0.4, -0.2) is 41.6 Å². The molecule has 1 aliphatic heterocycles. The van der Waals surface area contributed by atoms with Crippen molar-refractivity contribution >= 4 is 22.8 Å². The van der Waals surface area contributed by atoms with Crippen LogP contribution in [0.1, 0.15) is 36.7 Å². The van der Waals surface area contributed by atoms with Crippen molar-refractivity contribution in [2.45, 2.75) is 32.1 Å². The number of carbonyl (C=O) groups excluding carboxylic acids is 1. The third-order valence-electron chi connectivity index (χ3n) is 4.04. The molecule has 0 N–H and O–H groups in total. The van der Waals surface area contributed by atoms with E-state index in [0.717, 1.165) is 0 Å². The monoisotopic (exact) mass is 335 g/mol. The number of hydrogen-bond donors (Lipinski definition) is 0. The van der Waals surface area contributed by atoms with Crippen molar-refractivity contribution in [1.82, 2.24) is 9.97 Å². The van der Waals surface area contributed by atoms with Crippen LogP contribution in [0.3, 0.4) is 0 Å². The first-order chi connectivity index (χ1) is 11.5. The first kappa shape index (κ1) is 16.5. The number of carbonyl (C=O) groups is 1. The highest BCUT2D eigenvalue weighted by molar-refractivity contribution is 5.95. The molecule has 128 valence electrons. The van der Waals surface area contributed by atoms with Gasteiger partial charge in [0.05, 0.1) is 17.6 Å². The molecule has 0 bridgehead atoms. The average molecular weight is 335 g/mol. The molecule has 0 saturated carbocycles. The lowest BCUT2D eigenvalue weighted by Crippen LogP contribution is -2.29. The summed E-state index contributed by atoms with van der Waals surface area (Å²) in [6.07, 6.45) is -0.0766. The smallest absolute Gasteiger partial charge is 0.360 e. The van der Waals surface area contributed by atoms with Crippen LogP contribution in [0.4, 0.5) is 14.6 Å². The molecule has 5 nitrogen and oxygen atoms in total. The molecule has 2 heterocycles. The van der Waals surface area contributed by atoms with E-state index in [-0.39, 0.29) is 31.7 Å². The highest BCUT2D eigenvalue weighted by Gasteiger charge is 2.33. The summed E-state index contributed by atoms with van der Waals surface area (Å²) in [6.45, 7) is 2.46. The van der Waals surface area contributed by atoms with Crippen molar-refractivity contribution in [3.05, 3.63) is 30.0 Å². The van der Waals surface area contributed by atoms with E-state index in [1.54, 1.807) is 30.0 Å². The Labute approximate surface area is 138 Å². The molecule has 0 radical (unpaired) electrons. The number of ether oxygens (including phenoxy) is 1. The summed E-state index contributed by atoms with van der Waals surface area (Å²) < 4.78 is 32.3. The molecular formula is C17H19F2N3O2. The minimum absolute atomic E-state index is 0.0840. The molecule has 1 saturated heterocycles. The lowest BCUT2D eigenvalue weighted by Gasteiger charge is -2.23. The first-order valence-corrected chi connectivity index (χ1v) is 8.07. The Kier molecular flexibility index (Phi) is 4.59. The number of anilines is 1. The van der Waals surface area contributed by atoms with E-state index in [2.05, 4.69) is 9.97 Å². The second-order valence-electron chi connectivity index (χ2n) is 5.80. The van der Waals surface area contributed by atoms with Crippen LogP contribution in [0, 0.1) is 0 Å². The van der Waals surface area contributed by atoms with Crippen LogP contribution in [0.25, 0.3) is 11.0 Å². The van der Waals surface area contributed by atoms with E-state index in [1.165, 1.54) is 0 Å². The standard InChI is InChI=1S/C17H19F2N3O2/c1-2-24-16(23)14-15(21-13-7-4-3-6-12(13)20-14)22-10-5-8-17(18,19)9-11-22/h3-4,6-7H,2,5,8-11H2,1H3. The maximum atomic E-state index is 13.6. The highest BCUT2D eigenvalue weighted by atomic mass is 19.3. The fraction of sp³-hybridized carbons (Fsp3) is 0.471. The minimum atomic E-state index is -2.68. The first-order valence-electron chi connectivity index (χ1n) is 8.07. The summed E-state index contributed by atoms with van der Waals surface area (Å²) in [6, 6.07) is 7.16. The van der Waals surface area contributed by atoms with Crippen LogP contribution in [0.5, 0.6) is 0 Å². The Hall–Kier alpha value is -2.31. The van der Waals surface area contributed by atoms with Gasteiger partial charge in [-0.05, 0) is 25.5 Å². The fourth-order valence-corrected chi connectivity index (χ4v) is 2.82. The van der Waals surface area contributed by atoms with Gasteiger partial charge in [-0.3, -0.25) is 0 Å². The molecule has 7 heteroatoms. The van der Waals surface area contributed by atoms with Gasteiger partial charge >= 0.3 is 5.97 Å². The molecule has 0 atom stereocenters. The molecule has 1 fully saturated rings. The SMILES string of the molecule is CCOC(=O)c1nc2ccccc2nc1N1CCCC(F)(F)CC1. The summed E-state index contributed by atoms with van der Waals surface area (Å²) in [4.78, 5) is 22.9. The van der Waals surface area contributed by atoms with E-state index in [4.69, 9.17) is 4.74 Å². The van der Waals surface area contributed by atoms with Gasteiger partial charge < -0.3 is 9.64 Å². The van der Waals surface area contributed by atoms with E-state index in [9.17, 15) is 13.6 Å². The predicted octanol–water partition coefficient (Wildman–Crippen LogP) is 3.43. The largest absolute Gasteiger partial charge is 0.461 e. The average Bonchev–Trinajstić information content (AvgIpc) is 2.74. The molecule has 0 spiro atoms. The molecule has 2 aromatic rings. The van der Waals surface area contributed by atoms with Gasteiger partial charge in [-0.25, -0.2) is 23.5 Å². The lowest BCUT2D eigenvalue weighted by molar-refractivity contribution is -0.0102. The van der Waals surface area contributed by atoms with Gasteiger partial charge in [0, 0.05) is 25.9 Å². The predicted molar refractivity (Wildman–Crippen MR) is 86.5 cm³/mol. The number of benzene rings is 1. The summed E-state index contributed by atoms with van der Waals surface area (Å²) in [5, 5.41) is 0. The normalized spacial score (nSPS) is 17.5. The van der Waals surface area contributed by atoms with Gasteiger partial charge in [-0.1, -0.05) is 12.1 Å². The Morgan fingerprint density at radius 1 is 1.21 bits per heavy atom. The maximum Gasteiger partial charge on any atom is 0.360 e. The van der Waals surface area contributed by atoms with Crippen molar-refractivity contribution in [3.63, 3.8) is 0 Å². The number of halogens is 2. The van der Waals surface area contributed by atoms with Crippen LogP contribution >= 0.6 is 0 Å². The van der Waals surface area contributed by atoms with E-state index < -0.39 is 11.9 Å². The van der Waals surface area contributed by atoms with Gasteiger partial charge in [-0.15, -0.1) is 0 Å². The van der Waals surface area contributed by atoms with Crippen LogP contribution in [-0.2, 0) is 4.74 Å². The summed E-state index contributed by atoms with van der Waals surface area (Å²) in [7, 11) is 0. The quantitative estimate of drug-likeness (QED) is 0.804. The number of hydrogen-bond acceptors (Lipinski definition) is 5. The van der Waals surface area contributed by atoms with Gasteiger partial charge in [-0.2, -0.15) is 0 Å². The topological polar surface area (TPSA) is 55.3 Å². The van der Waals surface area contributed by atoms with Crippen LogP contribution < -0.4 is 4.90 Å². The lowest BCUT2D eigenvalue weighted by atomic mass is 10.1. The van der Waals surface area contributed by atoms with Gasteiger partial charge in [0.2, 0.25) is 5.92 Å². The van der Waals surface area contributed by atoms with Gasteiger partial charge in [0.1, 0.15) is 0 Å². The minimum Gasteiger partial charge on any atom is -0.461 e. The zero-order valence-electron chi connectivity index (χ0n) is 13.5. The third-order valence-corrected chi connectivity index (χ3v) is 4.04. The molecule has 1 aromatic carbocycles. The molecule has 1 aromatic heterocycles. The van der Waals surface area contributed by atoms with E-state index in [1.807, 2.05) is 6.07 Å². The number of para-hydroxylation sites is 2. The van der Waals surface area contributed by atoms with E-state index >= 15 is 0 Å². The number of aromatic nitrogens is 2. The van der Waals surface area contributed by atoms with Crippen molar-refractivity contribution in [1.29, 1.82) is 0 Å². The zero-order valence-corrected chi connectivity index (χ0v) is 13.5. The Morgan fingerprint density at radius 2 is 1.92 bits per heavy atom. The van der Waals surface area contributed by atoms with Crippen LogP contribution in [0.2, 0.25) is 0 Å². The number of rotatable bonds is 3. The van der Waals surface area contributed by atoms with E-state index in [0.29, 0.717) is 29.8 Å². The van der Waals surface area contributed by atoms with Crippen molar-refractivity contribution in [3.8, 4) is 0 Å². The summed E-state index contributed by atoms with van der Waals surface area (Å²) >= 11 is 0. The molecule has 0 amide bonds. The number of nitrogens with zero attached hydrogens (tertiary/aromatic N) is 3. The summed E-state index contributed by atoms with van der Waals surface area (Å²) in [5.74, 6) is -2.94. The van der Waals surface area contributed by atoms with Crippen molar-refractivity contribution in [2.24, 2.45) is 0 Å². The molecule has 1 aliphatic rings. The van der Waals surface area contributed by atoms with Crippen LogP contribution in [0.15, 0.2) is 24.3 Å². The second-order valence-corrected chi connectivity index (χ2v) is 5.80. The molecule has 3 rings (SSSR count). The molecule has 0 aliphatic carbocycles. The molecular weight excluding hydrogens is 316 g/mol. The van der Waals surface area contributed by atoms with Crippen molar-refractivity contribution < 1.29 is 18.3 Å².